The molecule has 0 aromatic carbocycles. The van der Waals surface area contributed by atoms with Crippen molar-refractivity contribution < 1.29 is 14.3 Å². The van der Waals surface area contributed by atoms with Crippen LogP contribution in [0.1, 0.15) is 207 Å². The van der Waals surface area contributed by atoms with Crippen molar-refractivity contribution in [2.45, 2.75) is 207 Å². The van der Waals surface area contributed by atoms with Crippen LogP contribution in [0.3, 0.4) is 0 Å². The van der Waals surface area contributed by atoms with E-state index in [0.717, 1.165) is 51.4 Å². The van der Waals surface area contributed by atoms with Gasteiger partial charge >= 0.3 is 11.9 Å². The molecule has 0 aliphatic carbocycles. The molecule has 0 aromatic heterocycles. The van der Waals surface area contributed by atoms with Crippen molar-refractivity contribution in [2.75, 3.05) is 0 Å². The summed E-state index contributed by atoms with van der Waals surface area (Å²) in [5, 5.41) is 0. The second-order valence-corrected chi connectivity index (χ2v) is 12.4. The van der Waals surface area contributed by atoms with Crippen LogP contribution in [-0.2, 0) is 14.3 Å². The van der Waals surface area contributed by atoms with E-state index in [1.807, 2.05) is 0 Å². The van der Waals surface area contributed by atoms with E-state index in [1.165, 1.54) is 128 Å². The molecule has 0 N–H and O–H groups in total. The Bertz CT molecular complexity index is 483. The second-order valence-electron chi connectivity index (χ2n) is 12.4. The third-order valence-corrected chi connectivity index (χ3v) is 8.49. The number of esters is 2. The fourth-order valence-corrected chi connectivity index (χ4v) is 5.71. The highest BCUT2D eigenvalue weighted by molar-refractivity contribution is 5.87. The number of hydrogen-bond donors (Lipinski definition) is 0. The van der Waals surface area contributed by atoms with Gasteiger partial charge in [0.05, 0.1) is 11.8 Å². The maximum absolute atomic E-state index is 13.2. The van der Waals surface area contributed by atoms with Crippen LogP contribution >= 0.6 is 0 Å². The van der Waals surface area contributed by atoms with Crippen LogP contribution in [0, 0.1) is 11.8 Å². The van der Waals surface area contributed by atoms with Gasteiger partial charge < -0.3 is 4.74 Å². The highest BCUT2D eigenvalue weighted by Gasteiger charge is 2.26. The predicted molar refractivity (Wildman–Crippen MR) is 170 cm³/mol. The van der Waals surface area contributed by atoms with Crippen molar-refractivity contribution in [2.24, 2.45) is 11.8 Å². The van der Waals surface area contributed by atoms with Crippen LogP contribution in [0.2, 0.25) is 0 Å². The standard InChI is InChI=1S/C36H70O3/c1-5-9-13-17-19-21-23-27-31-33(29-25-15-11-7-3)35(37)39-36(38)34(30-26-16-12-8-4)32-28-24-22-20-18-14-10-6-2/h33-34H,5-32H2,1-4H3. The van der Waals surface area contributed by atoms with Crippen molar-refractivity contribution in [1.29, 1.82) is 0 Å². The predicted octanol–water partition coefficient (Wildman–Crippen LogP) is 12.3. The average Bonchev–Trinajstić information content (AvgIpc) is 2.93. The Morgan fingerprint density at radius 2 is 0.564 bits per heavy atom. The Kier molecular flexibility index (Phi) is 29.4. The Balaban J connectivity index is 4.72. The number of hydrogen-bond acceptors (Lipinski definition) is 3. The average molecular weight is 551 g/mol. The third kappa shape index (κ3) is 24.6. The molecular formula is C36H70O3. The molecule has 0 aromatic rings. The molecule has 0 rings (SSSR count). The highest BCUT2D eigenvalue weighted by atomic mass is 16.6. The van der Waals surface area contributed by atoms with Crippen molar-refractivity contribution in [3.8, 4) is 0 Å². The van der Waals surface area contributed by atoms with Gasteiger partial charge in [0.2, 0.25) is 0 Å². The molecule has 232 valence electrons. The molecule has 0 saturated carbocycles. The smallest absolute Gasteiger partial charge is 0.316 e. The minimum atomic E-state index is -0.228. The lowest BCUT2D eigenvalue weighted by Crippen LogP contribution is -2.26. The van der Waals surface area contributed by atoms with Gasteiger partial charge in [-0.25, -0.2) is 0 Å². The van der Waals surface area contributed by atoms with Crippen molar-refractivity contribution >= 4 is 11.9 Å². The molecule has 3 heteroatoms. The summed E-state index contributed by atoms with van der Waals surface area (Å²) < 4.78 is 5.66. The van der Waals surface area contributed by atoms with E-state index in [-0.39, 0.29) is 23.8 Å². The monoisotopic (exact) mass is 551 g/mol. The molecule has 0 heterocycles. The quantitative estimate of drug-likeness (QED) is 0.0507. The summed E-state index contributed by atoms with van der Waals surface area (Å²) in [6.45, 7) is 8.96. The molecule has 0 amide bonds. The fraction of sp³-hybridized carbons (Fsp3) is 0.944. The van der Waals surface area contributed by atoms with E-state index < -0.39 is 0 Å². The Labute approximate surface area is 245 Å². The fourth-order valence-electron chi connectivity index (χ4n) is 5.71. The van der Waals surface area contributed by atoms with Gasteiger partial charge in [0.15, 0.2) is 0 Å². The van der Waals surface area contributed by atoms with Crippen LogP contribution in [0.5, 0.6) is 0 Å². The first-order valence-electron chi connectivity index (χ1n) is 17.9. The van der Waals surface area contributed by atoms with Gasteiger partial charge in [-0.05, 0) is 25.7 Å². The zero-order valence-corrected chi connectivity index (χ0v) is 27.2. The van der Waals surface area contributed by atoms with Crippen molar-refractivity contribution in [1.82, 2.24) is 0 Å². The number of carbonyl (C=O) groups is 2. The first-order chi connectivity index (χ1) is 19.1. The zero-order chi connectivity index (χ0) is 28.8. The van der Waals surface area contributed by atoms with E-state index in [2.05, 4.69) is 27.7 Å². The largest absolute Gasteiger partial charge is 0.393 e. The van der Waals surface area contributed by atoms with Crippen molar-refractivity contribution in [3.05, 3.63) is 0 Å². The Morgan fingerprint density at radius 1 is 0.359 bits per heavy atom. The van der Waals surface area contributed by atoms with Gasteiger partial charge in [-0.15, -0.1) is 0 Å². The summed E-state index contributed by atoms with van der Waals surface area (Å²) in [5.41, 5.74) is 0. The lowest BCUT2D eigenvalue weighted by atomic mass is 9.93. The molecule has 2 atom stereocenters. The molecule has 3 nitrogen and oxygen atoms in total. The summed E-state index contributed by atoms with van der Waals surface area (Å²) in [7, 11) is 0. The van der Waals surface area contributed by atoms with Crippen LogP contribution in [0.4, 0.5) is 0 Å². The third-order valence-electron chi connectivity index (χ3n) is 8.49. The number of carbonyl (C=O) groups excluding carboxylic acids is 2. The van der Waals surface area contributed by atoms with Gasteiger partial charge in [0.1, 0.15) is 0 Å². The van der Waals surface area contributed by atoms with Crippen LogP contribution < -0.4 is 0 Å². The van der Waals surface area contributed by atoms with E-state index in [0.29, 0.717) is 0 Å². The van der Waals surface area contributed by atoms with Gasteiger partial charge in [-0.2, -0.15) is 0 Å². The number of ether oxygens (including phenoxy) is 1. The Morgan fingerprint density at radius 3 is 0.821 bits per heavy atom. The number of rotatable bonds is 30. The molecule has 0 aliphatic heterocycles. The molecule has 0 saturated heterocycles. The van der Waals surface area contributed by atoms with Gasteiger partial charge in [-0.3, -0.25) is 9.59 Å². The molecular weight excluding hydrogens is 480 g/mol. The van der Waals surface area contributed by atoms with E-state index in [4.69, 9.17) is 4.74 Å². The van der Waals surface area contributed by atoms with Crippen LogP contribution in [-0.4, -0.2) is 11.9 Å². The molecule has 0 fully saturated rings. The normalized spacial score (nSPS) is 12.9. The minimum absolute atomic E-state index is 0.102. The first kappa shape index (κ1) is 38.1. The number of unbranched alkanes of at least 4 members (excludes halogenated alkanes) is 20. The minimum Gasteiger partial charge on any atom is -0.393 e. The molecule has 0 spiro atoms. The van der Waals surface area contributed by atoms with E-state index in [9.17, 15) is 9.59 Å². The summed E-state index contributed by atoms with van der Waals surface area (Å²) in [6, 6.07) is 0. The maximum Gasteiger partial charge on any atom is 0.316 e. The Hall–Kier alpha value is -0.860. The summed E-state index contributed by atoms with van der Waals surface area (Å²) >= 11 is 0. The summed E-state index contributed by atoms with van der Waals surface area (Å²) in [5.74, 6) is -0.660. The van der Waals surface area contributed by atoms with Crippen LogP contribution in [0.15, 0.2) is 0 Å². The highest BCUT2D eigenvalue weighted by Crippen LogP contribution is 2.24. The SMILES string of the molecule is CCCCCCCCCCC(CCCCCC)C(=O)OC(=O)C(CCCCCC)CCCCCCCCCC. The second kappa shape index (κ2) is 30.1. The lowest BCUT2D eigenvalue weighted by Gasteiger charge is -2.19. The first-order valence-corrected chi connectivity index (χ1v) is 17.9. The molecule has 0 radical (unpaired) electrons. The zero-order valence-electron chi connectivity index (χ0n) is 27.2. The van der Waals surface area contributed by atoms with Gasteiger partial charge in [0, 0.05) is 0 Å². The molecule has 39 heavy (non-hydrogen) atoms. The van der Waals surface area contributed by atoms with Gasteiger partial charge in [0.25, 0.3) is 0 Å². The lowest BCUT2D eigenvalue weighted by molar-refractivity contribution is -0.166. The molecule has 2 unspecified atom stereocenters. The summed E-state index contributed by atoms with van der Waals surface area (Å²) in [4.78, 5) is 26.4. The van der Waals surface area contributed by atoms with Gasteiger partial charge in [-0.1, -0.05) is 182 Å². The summed E-state index contributed by atoms with van der Waals surface area (Å²) in [6.07, 6.45) is 33.2. The van der Waals surface area contributed by atoms with Crippen LogP contribution in [0.25, 0.3) is 0 Å². The van der Waals surface area contributed by atoms with E-state index >= 15 is 0 Å². The topological polar surface area (TPSA) is 43.4 Å². The van der Waals surface area contributed by atoms with Crippen molar-refractivity contribution in [3.63, 3.8) is 0 Å². The molecule has 0 bridgehead atoms. The van der Waals surface area contributed by atoms with E-state index in [1.54, 1.807) is 0 Å². The molecule has 0 aliphatic rings. The maximum atomic E-state index is 13.2.